The monoisotopic (exact) mass is 544 g/mol. The summed E-state index contributed by atoms with van der Waals surface area (Å²) in [4.78, 5) is 24.1. The molecule has 2 saturated carbocycles. The Morgan fingerprint density at radius 2 is 1.95 bits per heavy atom. The number of carbonyl (C=O) groups excluding carboxylic acids is 1. The minimum Gasteiger partial charge on any atom is -0.379 e. The average molecular weight is 545 g/mol. The number of anilines is 3. The van der Waals surface area contributed by atoms with E-state index in [-0.39, 0.29) is 24.2 Å². The van der Waals surface area contributed by atoms with Crippen LogP contribution in [0.3, 0.4) is 0 Å². The minimum atomic E-state index is -0.760. The zero-order valence-corrected chi connectivity index (χ0v) is 22.2. The number of rotatable bonds is 10. The zero-order chi connectivity index (χ0) is 26.5. The molecule has 0 radical (unpaired) electrons. The van der Waals surface area contributed by atoms with Gasteiger partial charge in [0.2, 0.25) is 0 Å². The Bertz CT molecular complexity index is 1550. The normalized spacial score (nSPS) is 20.6. The number of hydrogen-bond acceptors (Lipinski definition) is 6. The lowest BCUT2D eigenvalue weighted by atomic mass is 10.1. The van der Waals surface area contributed by atoms with Gasteiger partial charge in [-0.15, -0.1) is 0 Å². The Labute approximate surface area is 231 Å². The first-order chi connectivity index (χ1) is 19.0. The van der Waals surface area contributed by atoms with Crippen molar-refractivity contribution in [3.8, 4) is 0 Å². The smallest absolute Gasteiger partial charge is 0.160 e. The predicted molar refractivity (Wildman–Crippen MR) is 152 cm³/mol. The van der Waals surface area contributed by atoms with Crippen molar-refractivity contribution in [3.63, 3.8) is 0 Å². The van der Waals surface area contributed by atoms with Crippen LogP contribution in [-0.4, -0.2) is 46.0 Å². The van der Waals surface area contributed by atoms with Crippen LogP contribution in [0.2, 0.25) is 5.02 Å². The SMILES string of the molecule is O=C(CNc1cc(NCc2cn3cc(C4CC4)cc(N4CC(F)C4)c3n2)ccn1)[C@H]1C[C@@H]1c1cccc(Cl)c1. The number of Topliss-reactive ketones (excluding diaryl/α,β-unsaturated/α-hetero) is 1. The van der Waals surface area contributed by atoms with Gasteiger partial charge in [0.05, 0.1) is 37.6 Å². The van der Waals surface area contributed by atoms with Crippen molar-refractivity contribution in [3.05, 3.63) is 82.9 Å². The second kappa shape index (κ2) is 9.83. The van der Waals surface area contributed by atoms with Gasteiger partial charge in [-0.1, -0.05) is 23.7 Å². The first-order valence-electron chi connectivity index (χ1n) is 13.6. The molecule has 200 valence electrons. The number of carbonyl (C=O) groups is 1. The fourth-order valence-corrected chi connectivity index (χ4v) is 5.73. The molecule has 3 fully saturated rings. The molecular formula is C30H30ClFN6O. The summed E-state index contributed by atoms with van der Waals surface area (Å²) in [6.07, 6.45) is 8.48. The van der Waals surface area contributed by atoms with Crippen LogP contribution in [0.4, 0.5) is 21.6 Å². The first kappa shape index (κ1) is 24.4. The van der Waals surface area contributed by atoms with E-state index in [2.05, 4.69) is 43.4 Å². The summed E-state index contributed by atoms with van der Waals surface area (Å²) in [7, 11) is 0. The summed E-state index contributed by atoms with van der Waals surface area (Å²) < 4.78 is 15.7. The summed E-state index contributed by atoms with van der Waals surface area (Å²) in [6, 6.07) is 13.8. The summed E-state index contributed by atoms with van der Waals surface area (Å²) in [6.45, 7) is 1.65. The Balaban J connectivity index is 0.982. The van der Waals surface area contributed by atoms with E-state index in [0.717, 1.165) is 34.7 Å². The molecule has 3 aliphatic rings. The van der Waals surface area contributed by atoms with Crippen molar-refractivity contribution in [1.82, 2.24) is 14.4 Å². The third kappa shape index (κ3) is 5.17. The van der Waals surface area contributed by atoms with Gasteiger partial charge in [-0.2, -0.15) is 0 Å². The zero-order valence-electron chi connectivity index (χ0n) is 21.5. The third-order valence-corrected chi connectivity index (χ3v) is 8.22. The van der Waals surface area contributed by atoms with Crippen LogP contribution in [0.1, 0.15) is 47.9 Å². The molecule has 1 aromatic carbocycles. The molecule has 2 aliphatic carbocycles. The molecule has 2 N–H and O–H groups in total. The molecular weight excluding hydrogens is 515 g/mol. The predicted octanol–water partition coefficient (Wildman–Crippen LogP) is 5.82. The van der Waals surface area contributed by atoms with Crippen molar-refractivity contribution in [2.24, 2.45) is 5.92 Å². The second-order valence-corrected chi connectivity index (χ2v) is 11.4. The molecule has 7 rings (SSSR count). The summed E-state index contributed by atoms with van der Waals surface area (Å²) in [5.41, 5.74) is 6.12. The van der Waals surface area contributed by atoms with Crippen molar-refractivity contribution in [2.45, 2.75) is 43.8 Å². The number of aromatic nitrogens is 3. The molecule has 9 heteroatoms. The maximum Gasteiger partial charge on any atom is 0.160 e. The van der Waals surface area contributed by atoms with Crippen LogP contribution >= 0.6 is 11.6 Å². The van der Waals surface area contributed by atoms with Crippen LogP contribution < -0.4 is 15.5 Å². The van der Waals surface area contributed by atoms with E-state index >= 15 is 0 Å². The highest BCUT2D eigenvalue weighted by Crippen LogP contribution is 2.48. The second-order valence-electron chi connectivity index (χ2n) is 11.0. The van der Waals surface area contributed by atoms with E-state index < -0.39 is 6.17 Å². The fourth-order valence-electron chi connectivity index (χ4n) is 5.53. The molecule has 39 heavy (non-hydrogen) atoms. The summed E-state index contributed by atoms with van der Waals surface area (Å²) in [5.74, 6) is 1.73. The molecule has 1 aliphatic heterocycles. The molecule has 3 aromatic heterocycles. The molecule has 2 atom stereocenters. The standard InChI is InChI=1S/C30H30ClFN6O/c31-21-3-1-2-19(8-21)25-11-26(25)28(39)13-35-29-10-23(6-7-33-29)34-12-24-17-38-14-20(18-4-5-18)9-27(30(38)36-24)37-15-22(32)16-37/h1-3,6-10,14,17-18,22,25-26H,4-5,11-13,15-16H2,(H2,33,34,35)/t25-,26+/m1/s1. The van der Waals surface area contributed by atoms with Crippen molar-refractivity contribution in [1.29, 1.82) is 0 Å². The van der Waals surface area contributed by atoms with E-state index in [1.807, 2.05) is 36.4 Å². The van der Waals surface area contributed by atoms with Crippen LogP contribution in [0.15, 0.2) is 61.1 Å². The number of imidazole rings is 1. The van der Waals surface area contributed by atoms with Gasteiger partial charge in [0.25, 0.3) is 0 Å². The van der Waals surface area contributed by atoms with E-state index in [1.54, 1.807) is 6.20 Å². The van der Waals surface area contributed by atoms with Crippen LogP contribution in [-0.2, 0) is 11.3 Å². The number of pyridine rings is 2. The molecule has 0 spiro atoms. The number of nitrogens with one attached hydrogen (secondary N) is 2. The fraction of sp³-hybridized carbons (Fsp3) is 0.367. The minimum absolute atomic E-state index is 0.0321. The highest BCUT2D eigenvalue weighted by molar-refractivity contribution is 6.30. The van der Waals surface area contributed by atoms with Crippen molar-refractivity contribution >= 4 is 40.2 Å². The Hall–Kier alpha value is -3.65. The Kier molecular flexibility index (Phi) is 6.15. The maximum absolute atomic E-state index is 13.6. The Morgan fingerprint density at radius 3 is 2.74 bits per heavy atom. The largest absolute Gasteiger partial charge is 0.379 e. The lowest BCUT2D eigenvalue weighted by molar-refractivity contribution is -0.118. The average Bonchev–Trinajstić information content (AvgIpc) is 3.85. The van der Waals surface area contributed by atoms with E-state index in [1.165, 1.54) is 18.4 Å². The number of ketones is 1. The summed E-state index contributed by atoms with van der Waals surface area (Å²) >= 11 is 6.11. The number of nitrogens with zero attached hydrogens (tertiary/aromatic N) is 4. The van der Waals surface area contributed by atoms with Gasteiger partial charge < -0.3 is 19.9 Å². The van der Waals surface area contributed by atoms with Gasteiger partial charge in [-0.3, -0.25) is 4.79 Å². The van der Waals surface area contributed by atoms with Gasteiger partial charge in [0.15, 0.2) is 11.4 Å². The quantitative estimate of drug-likeness (QED) is 0.262. The lowest BCUT2D eigenvalue weighted by Crippen LogP contribution is -2.48. The maximum atomic E-state index is 13.6. The number of hydrogen-bond donors (Lipinski definition) is 2. The van der Waals surface area contributed by atoms with Crippen LogP contribution in [0.5, 0.6) is 0 Å². The topological polar surface area (TPSA) is 74.6 Å². The highest BCUT2D eigenvalue weighted by Gasteiger charge is 2.43. The lowest BCUT2D eigenvalue weighted by Gasteiger charge is -2.36. The summed E-state index contributed by atoms with van der Waals surface area (Å²) in [5, 5.41) is 7.32. The number of alkyl halides is 1. The molecule has 4 aromatic rings. The number of benzene rings is 1. The van der Waals surface area contributed by atoms with Crippen LogP contribution in [0, 0.1) is 5.92 Å². The number of fused-ring (bicyclic) bond motifs is 1. The van der Waals surface area contributed by atoms with E-state index in [4.69, 9.17) is 16.6 Å². The third-order valence-electron chi connectivity index (χ3n) is 7.99. The molecule has 0 unspecified atom stereocenters. The van der Waals surface area contributed by atoms with E-state index in [0.29, 0.717) is 36.4 Å². The highest BCUT2D eigenvalue weighted by atomic mass is 35.5. The van der Waals surface area contributed by atoms with E-state index in [9.17, 15) is 9.18 Å². The first-order valence-corrected chi connectivity index (χ1v) is 14.0. The van der Waals surface area contributed by atoms with Gasteiger partial charge in [-0.05, 0) is 66.5 Å². The van der Waals surface area contributed by atoms with Gasteiger partial charge >= 0.3 is 0 Å². The molecule has 7 nitrogen and oxygen atoms in total. The van der Waals surface area contributed by atoms with Crippen molar-refractivity contribution in [2.75, 3.05) is 35.2 Å². The van der Waals surface area contributed by atoms with Gasteiger partial charge in [-0.25, -0.2) is 14.4 Å². The molecule has 1 saturated heterocycles. The molecule has 4 heterocycles. The molecule has 0 amide bonds. The van der Waals surface area contributed by atoms with Crippen LogP contribution in [0.25, 0.3) is 5.65 Å². The van der Waals surface area contributed by atoms with Gasteiger partial charge in [0.1, 0.15) is 12.0 Å². The van der Waals surface area contributed by atoms with Crippen molar-refractivity contribution < 1.29 is 9.18 Å². The molecule has 0 bridgehead atoms. The van der Waals surface area contributed by atoms with Gasteiger partial charge in [0, 0.05) is 41.3 Å². The number of halogens is 2. The Morgan fingerprint density at radius 1 is 1.08 bits per heavy atom.